The molecule has 5 heterocycles. The standard InChI is InChI=1S/C27H24FN7OS/c1-27(2,3)26(36)31-16-8-15(10-29-11-16)14-4-5-19-17(9-14)24(35-34-19)25-32-20-13-30-12-18(23(20)33-25)21-6-7-22(28)37-21/h4-5,7-13,21H,6H2,1-3H3,(H,31,36)(H,32,33)(H,34,35). The van der Waals surface area contributed by atoms with Gasteiger partial charge in [0.25, 0.3) is 0 Å². The number of imidazole rings is 1. The van der Waals surface area contributed by atoms with Gasteiger partial charge in [0, 0.05) is 39.6 Å². The van der Waals surface area contributed by atoms with Crippen LogP contribution in [0.25, 0.3) is 44.6 Å². The molecule has 1 aliphatic rings. The lowest BCUT2D eigenvalue weighted by atomic mass is 9.95. The number of hydrogen-bond acceptors (Lipinski definition) is 6. The number of carbonyl (C=O) groups excluding carboxylic acids is 1. The number of halogens is 1. The Kier molecular flexibility index (Phi) is 5.56. The molecule has 10 heteroatoms. The van der Waals surface area contributed by atoms with Crippen molar-refractivity contribution in [3.05, 3.63) is 65.9 Å². The van der Waals surface area contributed by atoms with Gasteiger partial charge in [0.05, 0.1) is 34.6 Å². The molecule has 0 saturated heterocycles. The monoisotopic (exact) mass is 513 g/mol. The van der Waals surface area contributed by atoms with E-state index < -0.39 is 5.41 Å². The zero-order valence-corrected chi connectivity index (χ0v) is 21.3. The summed E-state index contributed by atoms with van der Waals surface area (Å²) in [6.45, 7) is 5.60. The van der Waals surface area contributed by atoms with E-state index >= 15 is 0 Å². The number of anilines is 1. The van der Waals surface area contributed by atoms with E-state index in [-0.39, 0.29) is 16.3 Å². The van der Waals surface area contributed by atoms with Crippen molar-refractivity contribution in [1.82, 2.24) is 30.1 Å². The number of nitrogens with zero attached hydrogens (tertiary/aromatic N) is 4. The molecule has 0 saturated carbocycles. The molecular weight excluding hydrogens is 489 g/mol. The lowest BCUT2D eigenvalue weighted by molar-refractivity contribution is -0.123. The van der Waals surface area contributed by atoms with Crippen LogP contribution in [-0.4, -0.2) is 36.0 Å². The van der Waals surface area contributed by atoms with Crippen molar-refractivity contribution in [2.75, 3.05) is 5.32 Å². The number of fused-ring (bicyclic) bond motifs is 2. The predicted octanol–water partition coefficient (Wildman–Crippen LogP) is 6.54. The number of pyridine rings is 2. The Hall–Kier alpha value is -4.05. The minimum Gasteiger partial charge on any atom is -0.335 e. The summed E-state index contributed by atoms with van der Waals surface area (Å²) >= 11 is 1.19. The van der Waals surface area contributed by atoms with E-state index in [1.807, 2.05) is 45.0 Å². The van der Waals surface area contributed by atoms with Gasteiger partial charge in [0.15, 0.2) is 11.0 Å². The van der Waals surface area contributed by atoms with E-state index in [2.05, 4.69) is 30.5 Å². The third-order valence-corrected chi connectivity index (χ3v) is 7.44. The van der Waals surface area contributed by atoms with Gasteiger partial charge < -0.3 is 10.3 Å². The number of thioether (sulfide) groups is 1. The summed E-state index contributed by atoms with van der Waals surface area (Å²) < 4.78 is 13.7. The maximum Gasteiger partial charge on any atom is 0.229 e. The Balaban J connectivity index is 1.37. The summed E-state index contributed by atoms with van der Waals surface area (Å²) in [7, 11) is 0. The lowest BCUT2D eigenvalue weighted by Gasteiger charge is -2.17. The molecule has 0 aliphatic carbocycles. The van der Waals surface area contributed by atoms with Crippen molar-refractivity contribution in [2.45, 2.75) is 32.4 Å². The average Bonchev–Trinajstić information content (AvgIpc) is 3.60. The van der Waals surface area contributed by atoms with Crippen LogP contribution in [-0.2, 0) is 4.79 Å². The van der Waals surface area contributed by atoms with E-state index in [0.717, 1.165) is 38.6 Å². The summed E-state index contributed by atoms with van der Waals surface area (Å²) in [6.07, 6.45) is 9.09. The lowest BCUT2D eigenvalue weighted by Crippen LogP contribution is -2.27. The zero-order chi connectivity index (χ0) is 25.7. The third-order valence-electron chi connectivity index (χ3n) is 6.31. The Morgan fingerprint density at radius 3 is 2.70 bits per heavy atom. The van der Waals surface area contributed by atoms with E-state index in [4.69, 9.17) is 4.98 Å². The third kappa shape index (κ3) is 4.37. The Morgan fingerprint density at radius 2 is 1.92 bits per heavy atom. The fourth-order valence-corrected chi connectivity index (χ4v) is 5.24. The first-order valence-corrected chi connectivity index (χ1v) is 12.8. The van der Waals surface area contributed by atoms with Gasteiger partial charge >= 0.3 is 0 Å². The molecule has 0 spiro atoms. The topological polar surface area (TPSA) is 112 Å². The summed E-state index contributed by atoms with van der Waals surface area (Å²) in [6, 6.07) is 7.87. The highest BCUT2D eigenvalue weighted by Crippen LogP contribution is 2.45. The molecular formula is C27H24FN7OS. The van der Waals surface area contributed by atoms with Gasteiger partial charge in [-0.3, -0.25) is 19.9 Å². The van der Waals surface area contributed by atoms with Gasteiger partial charge in [0.2, 0.25) is 5.91 Å². The molecule has 0 fully saturated rings. The molecule has 0 bridgehead atoms. The second kappa shape index (κ2) is 8.81. The van der Waals surface area contributed by atoms with Gasteiger partial charge in [-0.2, -0.15) is 9.49 Å². The highest BCUT2D eigenvalue weighted by Gasteiger charge is 2.25. The van der Waals surface area contributed by atoms with Crippen molar-refractivity contribution >= 4 is 45.3 Å². The summed E-state index contributed by atoms with van der Waals surface area (Å²) in [5.74, 6) is 0.528. The van der Waals surface area contributed by atoms with Gasteiger partial charge in [-0.25, -0.2) is 4.98 Å². The molecule has 4 aromatic heterocycles. The molecule has 1 amide bonds. The minimum absolute atomic E-state index is 0.0477. The molecule has 0 radical (unpaired) electrons. The molecule has 3 N–H and O–H groups in total. The van der Waals surface area contributed by atoms with E-state index in [1.54, 1.807) is 30.9 Å². The largest absolute Gasteiger partial charge is 0.335 e. The number of aromatic amines is 2. The number of amides is 1. The molecule has 37 heavy (non-hydrogen) atoms. The summed E-state index contributed by atoms with van der Waals surface area (Å²) in [4.78, 5) is 29.3. The van der Waals surface area contributed by atoms with Gasteiger partial charge in [0.1, 0.15) is 5.69 Å². The van der Waals surface area contributed by atoms with Crippen LogP contribution < -0.4 is 5.32 Å². The Labute approximate surface area is 216 Å². The molecule has 1 unspecified atom stereocenters. The minimum atomic E-state index is -0.510. The second-order valence-electron chi connectivity index (χ2n) is 10.1. The van der Waals surface area contributed by atoms with Gasteiger partial charge in [-0.05, 0) is 36.3 Å². The highest BCUT2D eigenvalue weighted by atomic mass is 32.2. The quantitative estimate of drug-likeness (QED) is 0.252. The van der Waals surface area contributed by atoms with Gasteiger partial charge in [-0.15, -0.1) is 0 Å². The average molecular weight is 514 g/mol. The summed E-state index contributed by atoms with van der Waals surface area (Å²) in [5, 5.41) is 11.2. The van der Waals surface area contributed by atoms with E-state index in [1.165, 1.54) is 11.8 Å². The fraction of sp³-hybridized carbons (Fsp3) is 0.222. The van der Waals surface area contributed by atoms with E-state index in [0.29, 0.717) is 23.6 Å². The molecule has 1 aromatic carbocycles. The number of allylic oxidation sites excluding steroid dienone is 1. The molecule has 5 aromatic rings. The number of H-pyrrole nitrogens is 2. The molecule has 186 valence electrons. The second-order valence-corrected chi connectivity index (χ2v) is 11.3. The Morgan fingerprint density at radius 1 is 1.08 bits per heavy atom. The van der Waals surface area contributed by atoms with Crippen LogP contribution in [0.15, 0.2) is 60.3 Å². The number of nitrogens with one attached hydrogen (secondary N) is 3. The van der Waals surface area contributed by atoms with Crippen molar-refractivity contribution < 1.29 is 9.18 Å². The normalized spacial score (nSPS) is 15.9. The van der Waals surface area contributed by atoms with Crippen molar-refractivity contribution in [3.63, 3.8) is 0 Å². The molecule has 8 nitrogen and oxygen atoms in total. The van der Waals surface area contributed by atoms with Crippen LogP contribution in [0, 0.1) is 5.41 Å². The molecule has 1 atom stereocenters. The SMILES string of the molecule is CC(C)(C)C(=O)Nc1cncc(-c2ccc3[nH]nc(-c4nc5c(C6CC=C(F)S6)cncc5[nH]4)c3c2)c1. The number of carbonyl (C=O) groups is 1. The number of rotatable bonds is 4. The fourth-order valence-electron chi connectivity index (χ4n) is 4.28. The molecule has 6 rings (SSSR count). The maximum absolute atomic E-state index is 13.7. The van der Waals surface area contributed by atoms with Crippen molar-refractivity contribution in [3.8, 4) is 22.6 Å². The summed E-state index contributed by atoms with van der Waals surface area (Å²) in [5.41, 5.74) is 5.90. The van der Waals surface area contributed by atoms with E-state index in [9.17, 15) is 9.18 Å². The number of hydrogen-bond donors (Lipinski definition) is 3. The number of benzene rings is 1. The van der Waals surface area contributed by atoms with Crippen LogP contribution in [0.2, 0.25) is 0 Å². The molecule has 1 aliphatic heterocycles. The highest BCUT2D eigenvalue weighted by molar-refractivity contribution is 8.03. The smallest absolute Gasteiger partial charge is 0.229 e. The zero-order valence-electron chi connectivity index (χ0n) is 20.5. The van der Waals surface area contributed by atoms with Crippen LogP contribution in [0.5, 0.6) is 0 Å². The van der Waals surface area contributed by atoms with Crippen LogP contribution in [0.4, 0.5) is 10.1 Å². The van der Waals surface area contributed by atoms with Crippen LogP contribution in [0.3, 0.4) is 0 Å². The Bertz CT molecular complexity index is 1700. The first-order chi connectivity index (χ1) is 17.8. The predicted molar refractivity (Wildman–Crippen MR) is 144 cm³/mol. The van der Waals surface area contributed by atoms with Crippen LogP contribution >= 0.6 is 11.8 Å². The first kappa shape index (κ1) is 23.4. The maximum atomic E-state index is 13.7. The van der Waals surface area contributed by atoms with Crippen molar-refractivity contribution in [2.24, 2.45) is 5.41 Å². The van der Waals surface area contributed by atoms with Crippen molar-refractivity contribution in [1.29, 1.82) is 0 Å². The number of aromatic nitrogens is 6. The van der Waals surface area contributed by atoms with Crippen LogP contribution in [0.1, 0.15) is 38.0 Å². The first-order valence-electron chi connectivity index (χ1n) is 11.9. The van der Waals surface area contributed by atoms with Gasteiger partial charge in [-0.1, -0.05) is 38.6 Å².